The van der Waals surface area contributed by atoms with Crippen LogP contribution in [0.4, 0.5) is 0 Å². The van der Waals surface area contributed by atoms with Crippen LogP contribution in [0.5, 0.6) is 5.75 Å². The predicted octanol–water partition coefficient (Wildman–Crippen LogP) is 6.46. The summed E-state index contributed by atoms with van der Waals surface area (Å²) in [7, 11) is 0. The molecule has 22 heavy (non-hydrogen) atoms. The van der Waals surface area contributed by atoms with Gasteiger partial charge in [-0.1, -0.05) is 68.4 Å². The third-order valence-corrected chi connectivity index (χ3v) is 5.92. The summed E-state index contributed by atoms with van der Waals surface area (Å²) < 4.78 is 0. The molecule has 0 fully saturated rings. The molecule has 0 bridgehead atoms. The van der Waals surface area contributed by atoms with Gasteiger partial charge in [0.15, 0.2) is 0 Å². The Kier molecular flexibility index (Phi) is 5.42. The Balaban J connectivity index is 3.88. The van der Waals surface area contributed by atoms with Crippen LogP contribution in [0.1, 0.15) is 98.3 Å². The van der Waals surface area contributed by atoms with Crippen molar-refractivity contribution >= 4 is 0 Å². The Morgan fingerprint density at radius 2 is 1.09 bits per heavy atom. The topological polar surface area (TPSA) is 20.2 Å². The van der Waals surface area contributed by atoms with Crippen LogP contribution in [-0.2, 0) is 16.2 Å². The molecule has 1 heteroatoms. The molecule has 0 heterocycles. The molecule has 0 spiro atoms. The molecule has 1 N–H and O–H groups in total. The van der Waals surface area contributed by atoms with Gasteiger partial charge in [-0.3, -0.25) is 0 Å². The first kappa shape index (κ1) is 19.1. The zero-order valence-corrected chi connectivity index (χ0v) is 16.2. The number of rotatable bonds is 6. The lowest BCUT2D eigenvalue weighted by atomic mass is 9.65. The van der Waals surface area contributed by atoms with E-state index < -0.39 is 0 Å². The molecule has 0 atom stereocenters. The van der Waals surface area contributed by atoms with Gasteiger partial charge in [-0.05, 0) is 52.7 Å². The van der Waals surface area contributed by atoms with Crippen LogP contribution in [0.2, 0.25) is 0 Å². The quantitative estimate of drug-likeness (QED) is 0.640. The monoisotopic (exact) mass is 304 g/mol. The predicted molar refractivity (Wildman–Crippen MR) is 98.1 cm³/mol. The molecular weight excluding hydrogens is 268 g/mol. The molecule has 1 rings (SSSR count). The van der Waals surface area contributed by atoms with Crippen molar-refractivity contribution in [2.75, 3.05) is 0 Å². The van der Waals surface area contributed by atoms with E-state index in [4.69, 9.17) is 0 Å². The van der Waals surface area contributed by atoms with E-state index in [2.05, 4.69) is 68.4 Å². The lowest BCUT2D eigenvalue weighted by Gasteiger charge is -2.39. The number of hydrogen-bond donors (Lipinski definition) is 1. The second kappa shape index (κ2) is 6.26. The Hall–Kier alpha value is -0.980. The standard InChI is InChI=1S/C21H36O/c1-10-19(4,5)15-13-14-16(22)18(21(8,9)12-3)17(15)20(6,7)11-2/h13-14,22H,10-12H2,1-9H3. The Bertz CT molecular complexity index is 521. The minimum Gasteiger partial charge on any atom is -0.508 e. The van der Waals surface area contributed by atoms with Crippen molar-refractivity contribution in [2.45, 2.75) is 97.8 Å². The Morgan fingerprint density at radius 1 is 0.682 bits per heavy atom. The van der Waals surface area contributed by atoms with Gasteiger partial charge in [0.05, 0.1) is 0 Å². The first-order valence-corrected chi connectivity index (χ1v) is 8.82. The molecule has 0 aliphatic heterocycles. The van der Waals surface area contributed by atoms with Crippen molar-refractivity contribution in [3.8, 4) is 5.75 Å². The first-order valence-electron chi connectivity index (χ1n) is 8.82. The molecular formula is C21H36O. The summed E-state index contributed by atoms with van der Waals surface area (Å²) in [6, 6.07) is 4.07. The van der Waals surface area contributed by atoms with Gasteiger partial charge in [0, 0.05) is 5.56 Å². The van der Waals surface area contributed by atoms with Gasteiger partial charge in [-0.2, -0.15) is 0 Å². The highest BCUT2D eigenvalue weighted by Gasteiger charge is 2.36. The lowest BCUT2D eigenvalue weighted by Crippen LogP contribution is -2.31. The molecule has 1 aromatic carbocycles. The fourth-order valence-electron chi connectivity index (χ4n) is 3.09. The van der Waals surface area contributed by atoms with Gasteiger partial charge in [-0.25, -0.2) is 0 Å². The normalized spacial score (nSPS) is 13.5. The maximum Gasteiger partial charge on any atom is 0.119 e. The number of phenols is 1. The second-order valence-corrected chi connectivity index (χ2v) is 8.59. The van der Waals surface area contributed by atoms with Crippen LogP contribution in [0.25, 0.3) is 0 Å². The van der Waals surface area contributed by atoms with Gasteiger partial charge in [0.1, 0.15) is 5.75 Å². The minimum atomic E-state index is -0.0221. The fourth-order valence-corrected chi connectivity index (χ4v) is 3.09. The molecule has 0 aliphatic carbocycles. The number of phenolic OH excluding ortho intramolecular Hbond substituents is 1. The molecule has 0 saturated heterocycles. The van der Waals surface area contributed by atoms with Crippen LogP contribution in [0, 0.1) is 0 Å². The maximum absolute atomic E-state index is 10.7. The molecule has 1 nitrogen and oxygen atoms in total. The van der Waals surface area contributed by atoms with Gasteiger partial charge in [0.25, 0.3) is 0 Å². The van der Waals surface area contributed by atoms with E-state index in [0.717, 1.165) is 24.8 Å². The first-order chi connectivity index (χ1) is 9.94. The van der Waals surface area contributed by atoms with E-state index in [1.54, 1.807) is 0 Å². The largest absolute Gasteiger partial charge is 0.508 e. The maximum atomic E-state index is 10.7. The summed E-state index contributed by atoms with van der Waals surface area (Å²) >= 11 is 0. The average molecular weight is 305 g/mol. The molecule has 0 aromatic heterocycles. The molecule has 0 unspecified atom stereocenters. The third kappa shape index (κ3) is 3.34. The number of aromatic hydroxyl groups is 1. The van der Waals surface area contributed by atoms with Crippen molar-refractivity contribution < 1.29 is 5.11 Å². The van der Waals surface area contributed by atoms with Crippen molar-refractivity contribution in [3.05, 3.63) is 28.8 Å². The summed E-state index contributed by atoms with van der Waals surface area (Å²) in [4.78, 5) is 0. The molecule has 0 aliphatic rings. The lowest BCUT2D eigenvalue weighted by molar-refractivity contribution is 0.395. The zero-order valence-electron chi connectivity index (χ0n) is 16.2. The van der Waals surface area contributed by atoms with Gasteiger partial charge in [0.2, 0.25) is 0 Å². The summed E-state index contributed by atoms with van der Waals surface area (Å²) in [5, 5.41) is 10.7. The highest BCUT2D eigenvalue weighted by molar-refractivity contribution is 5.53. The van der Waals surface area contributed by atoms with Gasteiger partial charge in [-0.15, -0.1) is 0 Å². The van der Waals surface area contributed by atoms with E-state index in [0.29, 0.717) is 5.75 Å². The van der Waals surface area contributed by atoms with Crippen LogP contribution in [-0.4, -0.2) is 5.11 Å². The number of benzene rings is 1. The molecule has 0 radical (unpaired) electrons. The molecule has 0 saturated carbocycles. The van der Waals surface area contributed by atoms with Crippen LogP contribution < -0.4 is 0 Å². The van der Waals surface area contributed by atoms with E-state index in [9.17, 15) is 5.11 Å². The SMILES string of the molecule is CCC(C)(C)c1ccc(O)c(C(C)(C)CC)c1C(C)(C)CC. The van der Waals surface area contributed by atoms with Crippen LogP contribution >= 0.6 is 0 Å². The van der Waals surface area contributed by atoms with E-state index in [1.807, 2.05) is 6.07 Å². The molecule has 0 amide bonds. The zero-order chi connectivity index (χ0) is 17.3. The van der Waals surface area contributed by atoms with E-state index in [1.165, 1.54) is 11.1 Å². The summed E-state index contributed by atoms with van der Waals surface area (Å²) in [5.41, 5.74) is 4.08. The highest BCUT2D eigenvalue weighted by Crippen LogP contribution is 2.47. The van der Waals surface area contributed by atoms with Gasteiger partial charge < -0.3 is 5.11 Å². The van der Waals surface area contributed by atoms with Crippen molar-refractivity contribution in [2.24, 2.45) is 0 Å². The summed E-state index contributed by atoms with van der Waals surface area (Å²) in [5.74, 6) is 0.457. The van der Waals surface area contributed by atoms with E-state index >= 15 is 0 Å². The molecule has 1 aromatic rings. The highest BCUT2D eigenvalue weighted by atomic mass is 16.3. The Labute approximate surface area is 138 Å². The van der Waals surface area contributed by atoms with E-state index in [-0.39, 0.29) is 16.2 Å². The fraction of sp³-hybridized carbons (Fsp3) is 0.714. The smallest absolute Gasteiger partial charge is 0.119 e. The third-order valence-electron chi connectivity index (χ3n) is 5.92. The van der Waals surface area contributed by atoms with Crippen molar-refractivity contribution in [3.63, 3.8) is 0 Å². The van der Waals surface area contributed by atoms with Crippen molar-refractivity contribution in [1.29, 1.82) is 0 Å². The minimum absolute atomic E-state index is 0.0221. The van der Waals surface area contributed by atoms with Gasteiger partial charge >= 0.3 is 0 Å². The Morgan fingerprint density at radius 3 is 1.50 bits per heavy atom. The summed E-state index contributed by atoms with van der Waals surface area (Å²) in [6.45, 7) is 20.5. The summed E-state index contributed by atoms with van der Waals surface area (Å²) in [6.07, 6.45) is 3.18. The van der Waals surface area contributed by atoms with Crippen LogP contribution in [0.3, 0.4) is 0 Å². The van der Waals surface area contributed by atoms with Crippen molar-refractivity contribution in [1.82, 2.24) is 0 Å². The van der Waals surface area contributed by atoms with Crippen LogP contribution in [0.15, 0.2) is 12.1 Å². The second-order valence-electron chi connectivity index (χ2n) is 8.59. The number of hydrogen-bond acceptors (Lipinski definition) is 1. The molecule has 126 valence electrons. The average Bonchev–Trinajstić information content (AvgIpc) is 2.46.